The van der Waals surface area contributed by atoms with Gasteiger partial charge in [0.2, 0.25) is 0 Å². The second kappa shape index (κ2) is 13.5. The van der Waals surface area contributed by atoms with Crippen LogP contribution in [0, 0.1) is 0 Å². The van der Waals surface area contributed by atoms with Gasteiger partial charge in [-0.2, -0.15) is 0 Å². The largest absolute Gasteiger partial charge is 0.448 e. The van der Waals surface area contributed by atoms with Crippen LogP contribution in [0.1, 0.15) is 50.8 Å². The minimum Gasteiger partial charge on any atom is -0.448 e. The first-order chi connectivity index (χ1) is 22.6. The van der Waals surface area contributed by atoms with Crippen LogP contribution in [0.15, 0.2) is 114 Å². The number of rotatable bonds is 7. The standard InChI is InChI=1S/C37H37N3O6S/c1-37(2,3)46-36(44)38-29-33(42)40-30(35(43)45-31(24-14-7-4-8-15-24)25-16-9-5-10-17-25)27(23-47-34(29)40)22-26-18-13-21-39(32(26)41)28-19-11-6-12-20-28/h4-12,14-17,19-20,22,29,31,34H,13,18,21,23H2,1-3H3,(H,38,44)/b26-22+. The van der Waals surface area contributed by atoms with E-state index in [1.165, 1.54) is 16.7 Å². The van der Waals surface area contributed by atoms with Crippen LogP contribution in [0.4, 0.5) is 10.5 Å². The minimum absolute atomic E-state index is 0.0787. The van der Waals surface area contributed by atoms with Crippen molar-refractivity contribution in [1.82, 2.24) is 10.2 Å². The normalized spacial score (nSPS) is 20.6. The SMILES string of the molecule is CC(C)(C)OC(=O)NC1C(=O)N2C(C(=O)OC(c3ccccc3)c3ccccc3)=C(/C=C3\CCCN(c4ccccc4)C3=O)CSC12. The molecule has 2 unspecified atom stereocenters. The third kappa shape index (κ3) is 6.97. The van der Waals surface area contributed by atoms with Crippen molar-refractivity contribution in [3.8, 4) is 0 Å². The number of carbonyl (C=O) groups is 4. The molecule has 2 fully saturated rings. The van der Waals surface area contributed by atoms with Crippen LogP contribution in [-0.2, 0) is 23.9 Å². The lowest BCUT2D eigenvalue weighted by Crippen LogP contribution is -2.70. The first-order valence-corrected chi connectivity index (χ1v) is 16.7. The number of thioether (sulfide) groups is 1. The van der Waals surface area contributed by atoms with Gasteiger partial charge in [0.05, 0.1) is 0 Å². The lowest BCUT2D eigenvalue weighted by atomic mass is 9.97. The molecular weight excluding hydrogens is 614 g/mol. The molecule has 242 valence electrons. The molecule has 0 spiro atoms. The maximum Gasteiger partial charge on any atom is 0.408 e. The Labute approximate surface area is 278 Å². The van der Waals surface area contributed by atoms with Crippen LogP contribution in [0.2, 0.25) is 0 Å². The number of fused-ring (bicyclic) bond motifs is 1. The third-order valence-corrected chi connectivity index (χ3v) is 9.36. The molecule has 3 aliphatic heterocycles. The Hall–Kier alpha value is -4.83. The number of nitrogens with one attached hydrogen (secondary N) is 1. The Morgan fingerprint density at radius 3 is 2.11 bits per heavy atom. The van der Waals surface area contributed by atoms with Gasteiger partial charge in [-0.1, -0.05) is 78.9 Å². The number of hydrogen-bond acceptors (Lipinski definition) is 7. The van der Waals surface area contributed by atoms with Crippen LogP contribution in [-0.4, -0.2) is 58.1 Å². The van der Waals surface area contributed by atoms with E-state index in [1.54, 1.807) is 31.7 Å². The van der Waals surface area contributed by atoms with Gasteiger partial charge >= 0.3 is 12.1 Å². The number of esters is 1. The van der Waals surface area contributed by atoms with Crippen LogP contribution in [0.25, 0.3) is 0 Å². The smallest absolute Gasteiger partial charge is 0.408 e. The van der Waals surface area contributed by atoms with Gasteiger partial charge in [-0.25, -0.2) is 9.59 Å². The molecule has 47 heavy (non-hydrogen) atoms. The molecule has 3 aromatic carbocycles. The van der Waals surface area contributed by atoms with Crippen LogP contribution < -0.4 is 10.2 Å². The molecule has 3 heterocycles. The number of piperidine rings is 1. The predicted molar refractivity (Wildman–Crippen MR) is 180 cm³/mol. The number of hydrogen-bond donors (Lipinski definition) is 1. The summed E-state index contributed by atoms with van der Waals surface area (Å²) in [6.45, 7) is 5.82. The van der Waals surface area contributed by atoms with E-state index < -0.39 is 41.1 Å². The molecule has 10 heteroatoms. The maximum atomic E-state index is 14.3. The Morgan fingerprint density at radius 1 is 0.915 bits per heavy atom. The van der Waals surface area contributed by atoms with E-state index in [9.17, 15) is 19.2 Å². The average molecular weight is 652 g/mol. The van der Waals surface area contributed by atoms with Crippen LogP contribution >= 0.6 is 11.8 Å². The van der Waals surface area contributed by atoms with Gasteiger partial charge in [0.15, 0.2) is 6.10 Å². The summed E-state index contributed by atoms with van der Waals surface area (Å²) in [5.41, 5.74) is 2.77. The molecule has 0 bridgehead atoms. The quantitative estimate of drug-likeness (QED) is 0.186. The topological polar surface area (TPSA) is 105 Å². The summed E-state index contributed by atoms with van der Waals surface area (Å²) in [4.78, 5) is 57.4. The van der Waals surface area contributed by atoms with E-state index in [0.29, 0.717) is 29.9 Å². The summed E-state index contributed by atoms with van der Waals surface area (Å²) < 4.78 is 11.6. The fourth-order valence-electron chi connectivity index (χ4n) is 5.93. The molecule has 0 saturated carbocycles. The second-order valence-electron chi connectivity index (χ2n) is 12.6. The molecule has 2 atom stereocenters. The summed E-state index contributed by atoms with van der Waals surface area (Å²) in [5.74, 6) is -0.949. The number of β-lactam (4-membered cyclic amide) rings is 1. The highest BCUT2D eigenvalue weighted by molar-refractivity contribution is 8.00. The molecule has 0 aliphatic carbocycles. The lowest BCUT2D eigenvalue weighted by Gasteiger charge is -2.49. The molecule has 3 aliphatic rings. The molecule has 3 amide bonds. The van der Waals surface area contributed by atoms with Gasteiger partial charge in [-0.05, 0) is 68.5 Å². The zero-order chi connectivity index (χ0) is 33.1. The van der Waals surface area contributed by atoms with Crippen molar-refractivity contribution in [2.75, 3.05) is 17.2 Å². The monoisotopic (exact) mass is 651 g/mol. The number of allylic oxidation sites excluding steroid dienone is 1. The zero-order valence-corrected chi connectivity index (χ0v) is 27.4. The van der Waals surface area contributed by atoms with E-state index in [1.807, 2.05) is 91.0 Å². The number of amides is 3. The van der Waals surface area contributed by atoms with E-state index in [4.69, 9.17) is 9.47 Å². The van der Waals surface area contributed by atoms with Crippen LogP contribution in [0.3, 0.4) is 0 Å². The number of benzene rings is 3. The number of carbonyl (C=O) groups excluding carboxylic acids is 4. The number of nitrogens with zero attached hydrogens (tertiary/aromatic N) is 2. The van der Waals surface area contributed by atoms with Gasteiger partial charge in [-0.3, -0.25) is 14.5 Å². The lowest BCUT2D eigenvalue weighted by molar-refractivity contribution is -0.153. The van der Waals surface area contributed by atoms with Crippen LogP contribution in [0.5, 0.6) is 0 Å². The summed E-state index contributed by atoms with van der Waals surface area (Å²) in [7, 11) is 0. The maximum absolute atomic E-state index is 14.3. The van der Waals surface area contributed by atoms with Gasteiger partial charge in [0.25, 0.3) is 11.8 Å². The third-order valence-electron chi connectivity index (χ3n) is 8.06. The summed E-state index contributed by atoms with van der Waals surface area (Å²) >= 11 is 1.41. The molecule has 1 N–H and O–H groups in total. The summed E-state index contributed by atoms with van der Waals surface area (Å²) in [5, 5.41) is 2.13. The van der Waals surface area contributed by atoms with Gasteiger partial charge < -0.3 is 19.7 Å². The van der Waals surface area contributed by atoms with Crippen molar-refractivity contribution < 1.29 is 28.7 Å². The van der Waals surface area contributed by atoms with Gasteiger partial charge in [0, 0.05) is 23.6 Å². The molecule has 9 nitrogen and oxygen atoms in total. The molecule has 6 rings (SSSR count). The van der Waals surface area contributed by atoms with E-state index in [0.717, 1.165) is 23.2 Å². The average Bonchev–Trinajstić information content (AvgIpc) is 3.07. The molecular formula is C37H37N3O6S. The van der Waals surface area contributed by atoms with Crippen molar-refractivity contribution in [1.29, 1.82) is 0 Å². The Balaban J connectivity index is 1.36. The highest BCUT2D eigenvalue weighted by Crippen LogP contribution is 2.43. The number of para-hydroxylation sites is 1. The fourth-order valence-corrected chi connectivity index (χ4v) is 7.24. The van der Waals surface area contributed by atoms with E-state index in [-0.39, 0.29) is 11.6 Å². The van der Waals surface area contributed by atoms with Crippen molar-refractivity contribution in [3.63, 3.8) is 0 Å². The molecule has 0 radical (unpaired) electrons. The second-order valence-corrected chi connectivity index (χ2v) is 13.7. The Kier molecular flexibility index (Phi) is 9.22. The summed E-state index contributed by atoms with van der Waals surface area (Å²) in [6.07, 6.45) is 1.59. The van der Waals surface area contributed by atoms with Crippen molar-refractivity contribution in [3.05, 3.63) is 125 Å². The van der Waals surface area contributed by atoms with E-state index >= 15 is 0 Å². The molecule has 3 aromatic rings. The number of anilines is 1. The highest BCUT2D eigenvalue weighted by atomic mass is 32.2. The predicted octanol–water partition coefficient (Wildman–Crippen LogP) is 6.14. The highest BCUT2D eigenvalue weighted by Gasteiger charge is 2.55. The van der Waals surface area contributed by atoms with Gasteiger partial charge in [0.1, 0.15) is 22.7 Å². The number of ether oxygens (including phenoxy) is 2. The first kappa shape index (κ1) is 32.1. The van der Waals surface area contributed by atoms with E-state index in [2.05, 4.69) is 5.32 Å². The zero-order valence-electron chi connectivity index (χ0n) is 26.6. The van der Waals surface area contributed by atoms with Crippen molar-refractivity contribution >= 4 is 41.3 Å². The molecule has 2 saturated heterocycles. The summed E-state index contributed by atoms with van der Waals surface area (Å²) in [6, 6.07) is 27.4. The Bertz CT molecular complexity index is 1680. The molecule has 0 aromatic heterocycles. The first-order valence-electron chi connectivity index (χ1n) is 15.7. The Morgan fingerprint density at radius 2 is 1.51 bits per heavy atom. The number of alkyl carbamates (subject to hydrolysis) is 1. The van der Waals surface area contributed by atoms with Crippen molar-refractivity contribution in [2.45, 2.75) is 56.7 Å². The van der Waals surface area contributed by atoms with Crippen molar-refractivity contribution in [2.24, 2.45) is 0 Å². The van der Waals surface area contributed by atoms with Gasteiger partial charge in [-0.15, -0.1) is 11.8 Å². The fraction of sp³-hybridized carbons (Fsp3) is 0.297. The minimum atomic E-state index is -0.879.